The van der Waals surface area contributed by atoms with E-state index in [-0.39, 0.29) is 29.9 Å². The molecule has 10 heteroatoms. The summed E-state index contributed by atoms with van der Waals surface area (Å²) in [4.78, 5) is 8.36. The molecule has 2 rings (SSSR count). The molecule has 1 saturated heterocycles. The summed E-state index contributed by atoms with van der Waals surface area (Å²) in [5, 5.41) is 3.40. The van der Waals surface area contributed by atoms with E-state index in [4.69, 9.17) is 14.1 Å². The molecule has 1 fully saturated rings. The molecule has 6 nitrogen and oxygen atoms in total. The Morgan fingerprint density at radius 1 is 1.39 bits per heavy atom. The van der Waals surface area contributed by atoms with Gasteiger partial charge in [0.1, 0.15) is 5.76 Å². The quantitative estimate of drug-likeness (QED) is 0.181. The molecule has 1 unspecified atom stereocenters. The molecule has 2 heterocycles. The smallest absolute Gasteiger partial charge is 0.401 e. The Labute approximate surface area is 200 Å². The molecule has 1 aliphatic rings. The zero-order valence-electron chi connectivity index (χ0n) is 18.5. The number of ether oxygens (including phenoxy) is 1. The maximum Gasteiger partial charge on any atom is 0.401 e. The summed E-state index contributed by atoms with van der Waals surface area (Å²) in [6.45, 7) is 7.97. The Kier molecular flexibility index (Phi) is 13.5. The highest BCUT2D eigenvalue weighted by atomic mass is 127. The summed E-state index contributed by atoms with van der Waals surface area (Å²) in [5.41, 5.74) is 0. The highest BCUT2D eigenvalue weighted by molar-refractivity contribution is 14.0. The van der Waals surface area contributed by atoms with Crippen LogP contribution in [0.2, 0.25) is 0 Å². The first kappa shape index (κ1) is 28.0. The van der Waals surface area contributed by atoms with Crippen molar-refractivity contribution in [1.82, 2.24) is 15.1 Å². The number of hydrogen-bond acceptors (Lipinski definition) is 4. The van der Waals surface area contributed by atoms with Gasteiger partial charge in [-0.05, 0) is 44.4 Å². The first-order valence-electron chi connectivity index (χ1n) is 10.8. The summed E-state index contributed by atoms with van der Waals surface area (Å²) in [5.74, 6) is 1.93. The van der Waals surface area contributed by atoms with Gasteiger partial charge in [-0.2, -0.15) is 13.2 Å². The van der Waals surface area contributed by atoms with E-state index in [1.165, 1.54) is 4.90 Å². The number of nitrogens with zero attached hydrogens (tertiary/aromatic N) is 3. The molecule has 1 atom stereocenters. The van der Waals surface area contributed by atoms with Gasteiger partial charge in [0.2, 0.25) is 0 Å². The number of guanidine groups is 1. The third-order valence-corrected chi connectivity index (χ3v) is 5.10. The third-order valence-electron chi connectivity index (χ3n) is 5.10. The van der Waals surface area contributed by atoms with Crippen molar-refractivity contribution in [3.8, 4) is 0 Å². The molecule has 0 saturated carbocycles. The fraction of sp³-hybridized carbons (Fsp3) is 0.762. The molecule has 1 aromatic rings. The highest BCUT2D eigenvalue weighted by Crippen LogP contribution is 2.21. The van der Waals surface area contributed by atoms with Crippen molar-refractivity contribution in [1.29, 1.82) is 0 Å². The van der Waals surface area contributed by atoms with E-state index in [1.807, 2.05) is 19.1 Å². The fourth-order valence-corrected chi connectivity index (χ4v) is 3.61. The van der Waals surface area contributed by atoms with Crippen molar-refractivity contribution >= 4 is 29.9 Å². The second-order valence-electron chi connectivity index (χ2n) is 7.56. The normalized spacial score (nSPS) is 17.3. The van der Waals surface area contributed by atoms with E-state index < -0.39 is 12.7 Å². The van der Waals surface area contributed by atoms with Crippen LogP contribution in [0, 0.1) is 5.92 Å². The molecule has 0 radical (unpaired) electrons. The van der Waals surface area contributed by atoms with E-state index in [2.05, 4.69) is 10.2 Å². The van der Waals surface area contributed by atoms with Crippen LogP contribution in [0.15, 0.2) is 27.8 Å². The molecule has 1 aliphatic heterocycles. The summed E-state index contributed by atoms with van der Waals surface area (Å²) < 4.78 is 49.0. The Hall–Kier alpha value is -1.01. The lowest BCUT2D eigenvalue weighted by Crippen LogP contribution is -2.42. The number of aliphatic imine (C=N–C) groups is 1. The minimum absolute atomic E-state index is 0. The van der Waals surface area contributed by atoms with E-state index in [1.54, 1.807) is 13.2 Å². The van der Waals surface area contributed by atoms with Crippen molar-refractivity contribution in [2.75, 3.05) is 59.0 Å². The van der Waals surface area contributed by atoms with Crippen LogP contribution < -0.4 is 5.32 Å². The molecule has 1 N–H and O–H groups in total. The minimum atomic E-state index is -4.16. The van der Waals surface area contributed by atoms with Crippen molar-refractivity contribution in [3.63, 3.8) is 0 Å². The van der Waals surface area contributed by atoms with Gasteiger partial charge in [-0.15, -0.1) is 24.0 Å². The van der Waals surface area contributed by atoms with Crippen LogP contribution in [0.1, 0.15) is 32.4 Å². The SMILES string of the molecule is CCOCCCN=C(NCCc1ccco1)N1CCC(CN(CC)CC(F)(F)F)C1.I. The number of nitrogens with one attached hydrogen (secondary N) is 1. The largest absolute Gasteiger partial charge is 0.469 e. The molecule has 31 heavy (non-hydrogen) atoms. The maximum atomic E-state index is 12.8. The van der Waals surface area contributed by atoms with Crippen molar-refractivity contribution in [2.24, 2.45) is 10.9 Å². The molecule has 0 amide bonds. The Balaban J connectivity index is 0.00000480. The zero-order valence-corrected chi connectivity index (χ0v) is 20.8. The molecule has 0 aromatic carbocycles. The van der Waals surface area contributed by atoms with Gasteiger partial charge >= 0.3 is 6.18 Å². The summed E-state index contributed by atoms with van der Waals surface area (Å²) in [6, 6.07) is 3.80. The molecular formula is C21H36F3IN4O2. The van der Waals surface area contributed by atoms with Gasteiger partial charge < -0.3 is 19.4 Å². The molecular weight excluding hydrogens is 524 g/mol. The van der Waals surface area contributed by atoms with Crippen molar-refractivity contribution in [3.05, 3.63) is 24.2 Å². The second-order valence-corrected chi connectivity index (χ2v) is 7.56. The van der Waals surface area contributed by atoms with Gasteiger partial charge in [-0.25, -0.2) is 0 Å². The molecule has 0 spiro atoms. The lowest BCUT2D eigenvalue weighted by atomic mass is 10.1. The molecule has 0 bridgehead atoms. The molecule has 0 aliphatic carbocycles. The van der Waals surface area contributed by atoms with Gasteiger partial charge in [0.05, 0.1) is 12.8 Å². The lowest BCUT2D eigenvalue weighted by Gasteiger charge is -2.26. The Bertz CT molecular complexity index is 614. The maximum absolute atomic E-state index is 12.8. The lowest BCUT2D eigenvalue weighted by molar-refractivity contribution is -0.146. The van der Waals surface area contributed by atoms with Crippen LogP contribution in [-0.4, -0.2) is 81.0 Å². The number of halogens is 4. The molecule has 180 valence electrons. The highest BCUT2D eigenvalue weighted by Gasteiger charge is 2.33. The van der Waals surface area contributed by atoms with Crippen LogP contribution in [0.3, 0.4) is 0 Å². The average molecular weight is 560 g/mol. The summed E-state index contributed by atoms with van der Waals surface area (Å²) in [7, 11) is 0. The van der Waals surface area contributed by atoms with Crippen LogP contribution in [0.25, 0.3) is 0 Å². The first-order valence-corrected chi connectivity index (χ1v) is 10.8. The van der Waals surface area contributed by atoms with E-state index >= 15 is 0 Å². The number of alkyl halides is 3. The van der Waals surface area contributed by atoms with Crippen molar-refractivity contribution < 1.29 is 22.3 Å². The van der Waals surface area contributed by atoms with Crippen LogP contribution >= 0.6 is 24.0 Å². The standard InChI is InChI=1S/C21H35F3N4O2.HI/c1-3-27(17-21(22,23)24)15-18-9-12-28(16-18)20(25-10-6-13-29-4-2)26-11-8-19-7-5-14-30-19;/h5,7,14,18H,3-4,6,8-13,15-17H2,1-2H3,(H,25,26);1H. The summed E-state index contributed by atoms with van der Waals surface area (Å²) in [6.07, 6.45) is -0.0499. The number of hydrogen-bond donors (Lipinski definition) is 1. The predicted octanol–water partition coefficient (Wildman–Crippen LogP) is 4.02. The monoisotopic (exact) mass is 560 g/mol. The van der Waals surface area contributed by atoms with Gasteiger partial charge in [0.15, 0.2) is 5.96 Å². The van der Waals surface area contributed by atoms with Gasteiger partial charge in [0, 0.05) is 52.4 Å². The minimum Gasteiger partial charge on any atom is -0.469 e. The first-order chi connectivity index (χ1) is 14.4. The van der Waals surface area contributed by atoms with Gasteiger partial charge in [-0.3, -0.25) is 9.89 Å². The Morgan fingerprint density at radius 3 is 2.84 bits per heavy atom. The fourth-order valence-electron chi connectivity index (χ4n) is 3.61. The van der Waals surface area contributed by atoms with E-state index in [0.717, 1.165) is 37.5 Å². The summed E-state index contributed by atoms with van der Waals surface area (Å²) >= 11 is 0. The van der Waals surface area contributed by atoms with Crippen molar-refractivity contribution in [2.45, 2.75) is 39.3 Å². The molecule has 1 aromatic heterocycles. The number of likely N-dealkylation sites (tertiary alicyclic amines) is 1. The zero-order chi connectivity index (χ0) is 21.8. The topological polar surface area (TPSA) is 53.2 Å². The second kappa shape index (κ2) is 14.9. The predicted molar refractivity (Wildman–Crippen MR) is 127 cm³/mol. The third kappa shape index (κ3) is 11.4. The van der Waals surface area contributed by atoms with E-state index in [0.29, 0.717) is 45.9 Å². The number of rotatable bonds is 12. The average Bonchev–Trinajstić information content (AvgIpc) is 3.37. The van der Waals surface area contributed by atoms with E-state index in [9.17, 15) is 13.2 Å². The number of furan rings is 1. The van der Waals surface area contributed by atoms with Crippen LogP contribution in [0.4, 0.5) is 13.2 Å². The Morgan fingerprint density at radius 2 is 2.19 bits per heavy atom. The van der Waals surface area contributed by atoms with Gasteiger partial charge in [-0.1, -0.05) is 6.92 Å². The van der Waals surface area contributed by atoms with Crippen LogP contribution in [0.5, 0.6) is 0 Å². The van der Waals surface area contributed by atoms with Gasteiger partial charge in [0.25, 0.3) is 0 Å². The van der Waals surface area contributed by atoms with Crippen LogP contribution in [-0.2, 0) is 11.2 Å².